The molecule has 0 aliphatic rings. The van der Waals surface area contributed by atoms with E-state index in [0.29, 0.717) is 5.13 Å². The predicted octanol–water partition coefficient (Wildman–Crippen LogP) is 2.94. The van der Waals surface area contributed by atoms with E-state index >= 15 is 0 Å². The topological polar surface area (TPSA) is 104 Å². The third-order valence-corrected chi connectivity index (χ3v) is 4.54. The largest absolute Gasteiger partial charge is 0.358 e. The Morgan fingerprint density at radius 3 is 2.84 bits per heavy atom. The molecule has 0 atom stereocenters. The van der Waals surface area contributed by atoms with Crippen LogP contribution in [0, 0.1) is 6.92 Å². The van der Waals surface area contributed by atoms with Gasteiger partial charge >= 0.3 is 0 Å². The summed E-state index contributed by atoms with van der Waals surface area (Å²) >= 11 is 1.33. The van der Waals surface area contributed by atoms with E-state index in [-0.39, 0.29) is 11.3 Å². The lowest BCUT2D eigenvalue weighted by Crippen LogP contribution is -2.17. The molecule has 7 nitrogen and oxygen atoms in total. The van der Waals surface area contributed by atoms with Gasteiger partial charge in [-0.2, -0.15) is 5.10 Å². The second kappa shape index (κ2) is 5.99. The summed E-state index contributed by atoms with van der Waals surface area (Å²) in [4.78, 5) is 31.0. The van der Waals surface area contributed by atoms with Gasteiger partial charge in [-0.25, -0.2) is 10.1 Å². The zero-order valence-corrected chi connectivity index (χ0v) is 14.0. The van der Waals surface area contributed by atoms with Crippen molar-refractivity contribution >= 4 is 33.3 Å². The highest BCUT2D eigenvalue weighted by Gasteiger charge is 2.15. The normalized spacial score (nSPS) is 10.9. The van der Waals surface area contributed by atoms with Gasteiger partial charge in [0.1, 0.15) is 5.69 Å². The Labute approximate surface area is 145 Å². The molecule has 0 unspecified atom stereocenters. The maximum atomic E-state index is 12.2. The molecule has 4 rings (SSSR count). The number of hydrogen-bond acceptors (Lipinski definition) is 5. The Morgan fingerprint density at radius 2 is 2.04 bits per heavy atom. The van der Waals surface area contributed by atoms with Crippen LogP contribution in [0.1, 0.15) is 16.2 Å². The third kappa shape index (κ3) is 2.83. The van der Waals surface area contributed by atoms with Gasteiger partial charge in [0.25, 0.3) is 11.5 Å². The first-order chi connectivity index (χ1) is 12.1. The van der Waals surface area contributed by atoms with Crippen molar-refractivity contribution in [3.8, 4) is 11.3 Å². The van der Waals surface area contributed by atoms with Crippen LogP contribution in [-0.4, -0.2) is 26.1 Å². The number of rotatable bonds is 3. The number of thiazole rings is 1. The third-order valence-electron chi connectivity index (χ3n) is 3.79. The van der Waals surface area contributed by atoms with E-state index in [1.54, 1.807) is 0 Å². The van der Waals surface area contributed by atoms with Gasteiger partial charge in [0.15, 0.2) is 5.13 Å². The molecule has 25 heavy (non-hydrogen) atoms. The molecular weight excluding hydrogens is 338 g/mol. The first-order valence-corrected chi connectivity index (χ1v) is 8.40. The van der Waals surface area contributed by atoms with E-state index in [4.69, 9.17) is 0 Å². The highest BCUT2D eigenvalue weighted by atomic mass is 32.1. The summed E-state index contributed by atoms with van der Waals surface area (Å²) in [6, 6.07) is 10.6. The number of amides is 1. The predicted molar refractivity (Wildman–Crippen MR) is 97.0 cm³/mol. The number of para-hydroxylation sites is 1. The Kier molecular flexibility index (Phi) is 3.66. The van der Waals surface area contributed by atoms with Crippen LogP contribution < -0.4 is 10.9 Å². The van der Waals surface area contributed by atoms with Crippen LogP contribution in [0.3, 0.4) is 0 Å². The fraction of sp³-hybridized carbons (Fsp3) is 0.0588. The van der Waals surface area contributed by atoms with Crippen molar-refractivity contribution in [3.05, 3.63) is 63.5 Å². The molecule has 4 aromatic rings. The number of benzene rings is 1. The number of aryl methyl sites for hydroxylation is 1. The smallest absolute Gasteiger partial charge is 0.277 e. The maximum Gasteiger partial charge on any atom is 0.277 e. The number of carbonyl (C=O) groups is 1. The molecule has 1 aromatic carbocycles. The zero-order valence-electron chi connectivity index (χ0n) is 13.2. The highest BCUT2D eigenvalue weighted by Crippen LogP contribution is 2.33. The van der Waals surface area contributed by atoms with Crippen LogP contribution in [0.4, 0.5) is 5.13 Å². The lowest BCUT2D eigenvalue weighted by Gasteiger charge is -2.00. The van der Waals surface area contributed by atoms with Crippen molar-refractivity contribution in [1.82, 2.24) is 20.2 Å². The summed E-state index contributed by atoms with van der Waals surface area (Å²) in [7, 11) is 0. The molecular formula is C17H13N5O2S. The summed E-state index contributed by atoms with van der Waals surface area (Å²) in [5.41, 5.74) is 3.65. The molecule has 0 saturated heterocycles. The average Bonchev–Trinajstić information content (AvgIpc) is 3.18. The van der Waals surface area contributed by atoms with Crippen molar-refractivity contribution < 1.29 is 4.79 Å². The summed E-state index contributed by atoms with van der Waals surface area (Å²) in [5, 5.41) is 12.1. The molecule has 0 aliphatic heterocycles. The molecule has 0 radical (unpaired) electrons. The minimum atomic E-state index is -0.423. The van der Waals surface area contributed by atoms with Gasteiger partial charge in [-0.1, -0.05) is 18.2 Å². The summed E-state index contributed by atoms with van der Waals surface area (Å²) in [5.74, 6) is -0.423. The van der Waals surface area contributed by atoms with Gasteiger partial charge in [-0.15, -0.1) is 11.3 Å². The van der Waals surface area contributed by atoms with E-state index in [1.807, 2.05) is 36.6 Å². The van der Waals surface area contributed by atoms with E-state index in [1.165, 1.54) is 23.5 Å². The highest BCUT2D eigenvalue weighted by molar-refractivity contribution is 7.14. The Hall–Kier alpha value is -3.26. The maximum absolute atomic E-state index is 12.2. The van der Waals surface area contributed by atoms with Crippen LogP contribution >= 0.6 is 11.3 Å². The molecule has 3 heterocycles. The average molecular weight is 351 g/mol. The van der Waals surface area contributed by atoms with Crippen LogP contribution in [0.5, 0.6) is 0 Å². The number of aromatic amines is 2. The quantitative estimate of drug-likeness (QED) is 0.528. The van der Waals surface area contributed by atoms with E-state index in [2.05, 4.69) is 25.5 Å². The molecule has 1 amide bonds. The molecule has 3 N–H and O–H groups in total. The number of nitrogens with one attached hydrogen (secondary N) is 3. The summed E-state index contributed by atoms with van der Waals surface area (Å²) in [6.45, 7) is 2.00. The number of hydrogen-bond donors (Lipinski definition) is 3. The standard InChI is InChI=1S/C17H13N5O2S/c1-9-15(10-4-2-3-5-11(10)18-9)13-8-25-17(19-13)20-16(24)12-6-7-14(23)22-21-12/h2-8,18H,1H3,(H,22,23)(H,19,20,24). The SMILES string of the molecule is Cc1[nH]c2ccccc2c1-c1csc(NC(=O)c2ccc(=O)[nH]n2)n1. The van der Waals surface area contributed by atoms with Crippen molar-refractivity contribution in [2.24, 2.45) is 0 Å². The Balaban J connectivity index is 1.64. The lowest BCUT2D eigenvalue weighted by molar-refractivity contribution is 0.102. The number of H-pyrrole nitrogens is 2. The van der Waals surface area contributed by atoms with Crippen molar-refractivity contribution in [2.75, 3.05) is 5.32 Å². The minimum absolute atomic E-state index is 0.125. The number of anilines is 1. The number of carbonyl (C=O) groups excluding carboxylic acids is 1. The fourth-order valence-electron chi connectivity index (χ4n) is 2.68. The van der Waals surface area contributed by atoms with Gasteiger partial charge in [0.2, 0.25) is 0 Å². The fourth-order valence-corrected chi connectivity index (χ4v) is 3.38. The first kappa shape index (κ1) is 15.3. The van der Waals surface area contributed by atoms with E-state index in [9.17, 15) is 9.59 Å². The monoisotopic (exact) mass is 351 g/mol. The summed E-state index contributed by atoms with van der Waals surface area (Å²) < 4.78 is 0. The van der Waals surface area contributed by atoms with Gasteiger partial charge < -0.3 is 4.98 Å². The van der Waals surface area contributed by atoms with Gasteiger partial charge in [-0.3, -0.25) is 14.9 Å². The molecule has 124 valence electrons. The van der Waals surface area contributed by atoms with Crippen molar-refractivity contribution in [3.63, 3.8) is 0 Å². The number of aromatic nitrogens is 4. The molecule has 0 bridgehead atoms. The minimum Gasteiger partial charge on any atom is -0.358 e. The van der Waals surface area contributed by atoms with Crippen LogP contribution in [0.2, 0.25) is 0 Å². The van der Waals surface area contributed by atoms with E-state index < -0.39 is 5.91 Å². The first-order valence-electron chi connectivity index (χ1n) is 7.52. The zero-order chi connectivity index (χ0) is 17.4. The van der Waals surface area contributed by atoms with Crippen LogP contribution in [0.15, 0.2) is 46.6 Å². The number of fused-ring (bicyclic) bond motifs is 1. The van der Waals surface area contributed by atoms with Crippen molar-refractivity contribution in [2.45, 2.75) is 6.92 Å². The molecule has 0 spiro atoms. The lowest BCUT2D eigenvalue weighted by atomic mass is 10.1. The molecule has 8 heteroatoms. The van der Waals surface area contributed by atoms with Crippen LogP contribution in [-0.2, 0) is 0 Å². The second-order valence-corrected chi connectivity index (χ2v) is 6.33. The summed E-state index contributed by atoms with van der Waals surface area (Å²) in [6.07, 6.45) is 0. The van der Waals surface area contributed by atoms with Gasteiger partial charge in [0, 0.05) is 33.6 Å². The van der Waals surface area contributed by atoms with Gasteiger partial charge in [0.05, 0.1) is 5.69 Å². The van der Waals surface area contributed by atoms with Crippen molar-refractivity contribution in [1.29, 1.82) is 0 Å². The molecule has 0 saturated carbocycles. The molecule has 0 aliphatic carbocycles. The Morgan fingerprint density at radius 1 is 1.20 bits per heavy atom. The van der Waals surface area contributed by atoms with Gasteiger partial charge in [-0.05, 0) is 19.1 Å². The van der Waals surface area contributed by atoms with E-state index in [0.717, 1.165) is 27.9 Å². The number of nitrogens with zero attached hydrogens (tertiary/aromatic N) is 2. The Bertz CT molecular complexity index is 1120. The second-order valence-electron chi connectivity index (χ2n) is 5.47. The molecule has 0 fully saturated rings. The van der Waals surface area contributed by atoms with Crippen LogP contribution in [0.25, 0.3) is 22.2 Å². The molecule has 3 aromatic heterocycles.